The maximum absolute atomic E-state index is 12.3. The average Bonchev–Trinajstić information content (AvgIpc) is 2.93. The van der Waals surface area contributed by atoms with Gasteiger partial charge in [-0.3, -0.25) is 4.68 Å². The number of aryl methyl sites for hydroxylation is 2. The minimum absolute atomic E-state index is 0.0412. The summed E-state index contributed by atoms with van der Waals surface area (Å²) >= 11 is 0. The second-order valence-electron chi connectivity index (χ2n) is 6.29. The zero-order valence-corrected chi connectivity index (χ0v) is 15.0. The van der Waals surface area contributed by atoms with Gasteiger partial charge in [0, 0.05) is 32.3 Å². The predicted molar refractivity (Wildman–Crippen MR) is 97.3 cm³/mol. The van der Waals surface area contributed by atoms with E-state index in [-0.39, 0.29) is 6.03 Å². The Hall–Kier alpha value is -2.34. The first-order valence-electron chi connectivity index (χ1n) is 8.89. The molecular formula is C19H26N4O2. The molecule has 2 heterocycles. The van der Waals surface area contributed by atoms with Crippen molar-refractivity contribution in [2.45, 2.75) is 32.9 Å². The van der Waals surface area contributed by atoms with Crippen LogP contribution in [0.15, 0.2) is 30.3 Å². The Labute approximate surface area is 148 Å². The van der Waals surface area contributed by atoms with Gasteiger partial charge in [-0.1, -0.05) is 31.2 Å². The number of hydrogen-bond donors (Lipinski definition) is 1. The number of ether oxygens (including phenoxy) is 1. The van der Waals surface area contributed by atoms with Crippen LogP contribution < -0.4 is 5.32 Å². The molecule has 0 saturated heterocycles. The van der Waals surface area contributed by atoms with Crippen LogP contribution in [0.1, 0.15) is 24.6 Å². The molecule has 0 unspecified atom stereocenters. The average molecular weight is 342 g/mol. The molecule has 1 aromatic heterocycles. The van der Waals surface area contributed by atoms with Gasteiger partial charge in [-0.25, -0.2) is 4.79 Å². The van der Waals surface area contributed by atoms with Gasteiger partial charge in [-0.2, -0.15) is 5.10 Å². The number of fused-ring (bicyclic) bond motifs is 1. The topological polar surface area (TPSA) is 59.4 Å². The highest BCUT2D eigenvalue weighted by atomic mass is 16.5. The Morgan fingerprint density at radius 1 is 1.28 bits per heavy atom. The molecule has 0 spiro atoms. The molecule has 6 heteroatoms. The maximum Gasteiger partial charge on any atom is 0.317 e. The zero-order chi connectivity index (χ0) is 17.6. The number of methoxy groups -OCH3 is 1. The quantitative estimate of drug-likeness (QED) is 0.850. The standard InChI is InChI=1S/C19H26N4O2/c1-3-15-5-7-16(8-6-15)18-13-17-14-22(10-4-11-23(17)21-18)19(24)20-9-12-25-2/h5-8,13H,3-4,9-12,14H2,1-2H3,(H,20,24). The molecule has 0 fully saturated rings. The van der Waals surface area contributed by atoms with Crippen LogP contribution >= 0.6 is 0 Å². The molecule has 1 aliphatic heterocycles. The normalized spacial score (nSPS) is 14.1. The fraction of sp³-hybridized carbons (Fsp3) is 0.474. The van der Waals surface area contributed by atoms with Gasteiger partial charge < -0.3 is 15.0 Å². The molecule has 0 saturated carbocycles. The second kappa shape index (κ2) is 8.16. The smallest absolute Gasteiger partial charge is 0.317 e. The Morgan fingerprint density at radius 3 is 2.80 bits per heavy atom. The van der Waals surface area contributed by atoms with Gasteiger partial charge >= 0.3 is 6.03 Å². The summed E-state index contributed by atoms with van der Waals surface area (Å²) in [6, 6.07) is 10.6. The third-order valence-electron chi connectivity index (χ3n) is 4.54. The van der Waals surface area contributed by atoms with Crippen molar-refractivity contribution in [3.8, 4) is 11.3 Å². The third-order valence-corrected chi connectivity index (χ3v) is 4.54. The van der Waals surface area contributed by atoms with Crippen molar-refractivity contribution in [2.75, 3.05) is 26.8 Å². The van der Waals surface area contributed by atoms with Crippen molar-refractivity contribution in [1.82, 2.24) is 20.0 Å². The van der Waals surface area contributed by atoms with Crippen LogP contribution in [0.4, 0.5) is 4.79 Å². The highest BCUT2D eigenvalue weighted by Gasteiger charge is 2.20. The molecule has 1 aliphatic rings. The van der Waals surface area contributed by atoms with Crippen LogP contribution in [-0.4, -0.2) is 47.5 Å². The van der Waals surface area contributed by atoms with E-state index >= 15 is 0 Å². The fourth-order valence-corrected chi connectivity index (χ4v) is 3.06. The molecule has 6 nitrogen and oxygen atoms in total. The molecule has 0 radical (unpaired) electrons. The second-order valence-corrected chi connectivity index (χ2v) is 6.29. The minimum Gasteiger partial charge on any atom is -0.383 e. The summed E-state index contributed by atoms with van der Waals surface area (Å²) in [6.45, 7) is 5.36. The first kappa shape index (κ1) is 17.5. The van der Waals surface area contributed by atoms with E-state index in [9.17, 15) is 4.79 Å². The molecule has 0 atom stereocenters. The number of hydrogen-bond acceptors (Lipinski definition) is 3. The first-order valence-corrected chi connectivity index (χ1v) is 8.89. The number of urea groups is 1. The van der Waals surface area contributed by atoms with E-state index in [4.69, 9.17) is 9.84 Å². The van der Waals surface area contributed by atoms with E-state index in [1.54, 1.807) is 7.11 Å². The van der Waals surface area contributed by atoms with E-state index in [2.05, 4.69) is 42.6 Å². The summed E-state index contributed by atoms with van der Waals surface area (Å²) in [7, 11) is 1.63. The van der Waals surface area contributed by atoms with E-state index in [0.29, 0.717) is 19.7 Å². The summed E-state index contributed by atoms with van der Waals surface area (Å²) in [6.07, 6.45) is 1.94. The number of nitrogens with zero attached hydrogens (tertiary/aromatic N) is 3. The summed E-state index contributed by atoms with van der Waals surface area (Å²) in [5.41, 5.74) is 4.49. The van der Waals surface area contributed by atoms with Gasteiger partial charge in [-0.05, 0) is 24.5 Å². The molecule has 2 aromatic rings. The van der Waals surface area contributed by atoms with Crippen LogP contribution in [0.2, 0.25) is 0 Å². The van der Waals surface area contributed by atoms with Crippen LogP contribution in [0.3, 0.4) is 0 Å². The van der Waals surface area contributed by atoms with Gasteiger partial charge in [0.25, 0.3) is 0 Å². The van der Waals surface area contributed by atoms with E-state index in [0.717, 1.165) is 42.9 Å². The third kappa shape index (κ3) is 4.20. The molecular weight excluding hydrogens is 316 g/mol. The lowest BCUT2D eigenvalue weighted by molar-refractivity contribution is 0.178. The zero-order valence-electron chi connectivity index (χ0n) is 15.0. The van der Waals surface area contributed by atoms with Crippen LogP contribution in [-0.2, 0) is 24.2 Å². The fourth-order valence-electron chi connectivity index (χ4n) is 3.06. The Bertz CT molecular complexity index is 709. The van der Waals surface area contributed by atoms with E-state index in [1.807, 2.05) is 9.58 Å². The van der Waals surface area contributed by atoms with Crippen LogP contribution in [0, 0.1) is 0 Å². The molecule has 0 bridgehead atoms. The molecule has 134 valence electrons. The van der Waals surface area contributed by atoms with Gasteiger partial charge in [-0.15, -0.1) is 0 Å². The number of amides is 2. The largest absolute Gasteiger partial charge is 0.383 e. The summed E-state index contributed by atoms with van der Waals surface area (Å²) in [4.78, 5) is 14.2. The SMILES string of the molecule is CCc1ccc(-c2cc3n(n2)CCCN(C(=O)NCCOC)C3)cc1. The van der Waals surface area contributed by atoms with Crippen LogP contribution in [0.5, 0.6) is 0 Å². The van der Waals surface area contributed by atoms with E-state index < -0.39 is 0 Å². The molecule has 25 heavy (non-hydrogen) atoms. The number of rotatable bonds is 5. The number of carbonyl (C=O) groups is 1. The Morgan fingerprint density at radius 2 is 2.08 bits per heavy atom. The maximum atomic E-state index is 12.3. The molecule has 3 rings (SSSR count). The summed E-state index contributed by atoms with van der Waals surface area (Å²) in [5.74, 6) is 0. The minimum atomic E-state index is -0.0412. The lowest BCUT2D eigenvalue weighted by Gasteiger charge is -2.20. The summed E-state index contributed by atoms with van der Waals surface area (Å²) < 4.78 is 7.02. The molecule has 1 aromatic carbocycles. The van der Waals surface area contributed by atoms with Gasteiger partial charge in [0.05, 0.1) is 24.5 Å². The van der Waals surface area contributed by atoms with Crippen molar-refractivity contribution < 1.29 is 9.53 Å². The molecule has 0 aliphatic carbocycles. The highest BCUT2D eigenvalue weighted by Crippen LogP contribution is 2.22. The molecule has 1 N–H and O–H groups in total. The Kier molecular flexibility index (Phi) is 5.71. The van der Waals surface area contributed by atoms with Crippen molar-refractivity contribution in [3.05, 3.63) is 41.6 Å². The predicted octanol–water partition coefficient (Wildman–Crippen LogP) is 2.67. The first-order chi connectivity index (χ1) is 12.2. The Balaban J connectivity index is 1.72. The van der Waals surface area contributed by atoms with Gasteiger partial charge in [0.2, 0.25) is 0 Å². The number of benzene rings is 1. The monoisotopic (exact) mass is 342 g/mol. The number of carbonyl (C=O) groups excluding carboxylic acids is 1. The van der Waals surface area contributed by atoms with E-state index in [1.165, 1.54) is 5.56 Å². The summed E-state index contributed by atoms with van der Waals surface area (Å²) in [5, 5.41) is 7.64. The van der Waals surface area contributed by atoms with Crippen molar-refractivity contribution in [3.63, 3.8) is 0 Å². The van der Waals surface area contributed by atoms with Crippen molar-refractivity contribution >= 4 is 6.03 Å². The lowest BCUT2D eigenvalue weighted by Crippen LogP contribution is -2.40. The highest BCUT2D eigenvalue weighted by molar-refractivity contribution is 5.74. The van der Waals surface area contributed by atoms with Crippen molar-refractivity contribution in [1.29, 1.82) is 0 Å². The number of aromatic nitrogens is 2. The lowest BCUT2D eigenvalue weighted by atomic mass is 10.1. The van der Waals surface area contributed by atoms with Gasteiger partial charge in [0.15, 0.2) is 0 Å². The number of nitrogens with one attached hydrogen (secondary N) is 1. The van der Waals surface area contributed by atoms with Crippen molar-refractivity contribution in [2.24, 2.45) is 0 Å². The molecule has 2 amide bonds. The van der Waals surface area contributed by atoms with Crippen LogP contribution in [0.25, 0.3) is 11.3 Å². The van der Waals surface area contributed by atoms with Gasteiger partial charge in [0.1, 0.15) is 0 Å².